The minimum Gasteiger partial charge on any atom is -0.459 e. The van der Waals surface area contributed by atoms with Crippen LogP contribution in [0.2, 0.25) is 0 Å². The molecule has 12 heterocycles. The van der Waals surface area contributed by atoms with Crippen LogP contribution in [0, 0.1) is 29.6 Å². The fourth-order valence-electron chi connectivity index (χ4n) is 18.9. The van der Waals surface area contributed by atoms with Gasteiger partial charge in [-0.3, -0.25) is 33.7 Å². The largest absolute Gasteiger partial charge is 0.459 e. The van der Waals surface area contributed by atoms with Crippen molar-refractivity contribution in [3.05, 3.63) is 149 Å². The van der Waals surface area contributed by atoms with Gasteiger partial charge in [-0.15, -0.1) is 0 Å². The quantitative estimate of drug-likeness (QED) is 0.0173. The maximum absolute atomic E-state index is 14.7. The molecule has 7 aliphatic rings. The molecule has 0 radical (unpaired) electrons. The number of allylic oxidation sites excluding steroid dienone is 6. The first-order chi connectivity index (χ1) is 63.1. The molecule has 1 aromatic carbocycles. The van der Waals surface area contributed by atoms with Crippen molar-refractivity contribution in [2.45, 2.75) is 212 Å². The van der Waals surface area contributed by atoms with Gasteiger partial charge in [-0.1, -0.05) is 82.4 Å². The Morgan fingerprint density at radius 3 is 2.23 bits per heavy atom. The fourth-order valence-corrected chi connectivity index (χ4v) is 18.9. The van der Waals surface area contributed by atoms with Crippen LogP contribution in [-0.4, -0.2) is 292 Å². The molecule has 15 atom stereocenters. The van der Waals surface area contributed by atoms with Crippen LogP contribution >= 0.6 is 0 Å². The van der Waals surface area contributed by atoms with E-state index < -0.39 is 120 Å². The van der Waals surface area contributed by atoms with Crippen molar-refractivity contribution >= 4 is 86.9 Å². The zero-order valence-corrected chi connectivity index (χ0v) is 76.1. The molecule has 1 aliphatic carbocycles. The summed E-state index contributed by atoms with van der Waals surface area (Å²) in [7, 11) is 3.06. The molecule has 6 aliphatic heterocycles. The summed E-state index contributed by atoms with van der Waals surface area (Å²) >= 11 is 0. The lowest BCUT2D eigenvalue weighted by Crippen LogP contribution is -2.61. The van der Waals surface area contributed by atoms with Crippen LogP contribution in [0.3, 0.4) is 0 Å². The highest BCUT2D eigenvalue weighted by molar-refractivity contribution is 6.39. The van der Waals surface area contributed by atoms with Crippen molar-refractivity contribution in [1.82, 2.24) is 74.6 Å². The molecule has 36 nitrogen and oxygen atoms in total. The first-order valence-corrected chi connectivity index (χ1v) is 46.0. The van der Waals surface area contributed by atoms with Crippen LogP contribution in [0.4, 0.5) is 22.5 Å². The summed E-state index contributed by atoms with van der Waals surface area (Å²) in [6, 6.07) is 8.03. The molecule has 36 heteroatoms. The van der Waals surface area contributed by atoms with E-state index in [1.807, 2.05) is 81.9 Å². The van der Waals surface area contributed by atoms with E-state index >= 15 is 0 Å². The van der Waals surface area contributed by atoms with Crippen LogP contribution in [0.5, 0.6) is 0 Å². The van der Waals surface area contributed by atoms with Gasteiger partial charge in [0.2, 0.25) is 23.6 Å². The molecule has 4 amide bonds. The number of ether oxygens (including phenoxy) is 6. The lowest BCUT2D eigenvalue weighted by atomic mass is 9.80. The van der Waals surface area contributed by atoms with Gasteiger partial charge in [0.1, 0.15) is 59.7 Å². The zero-order chi connectivity index (χ0) is 92.7. The molecule has 7 aromatic rings. The number of nitrogens with one attached hydrogen (secondary N) is 2. The SMILES string of the molecule is CO[C@H]1C[C@@H]2CC[C@@H](C)[C@@](O)(O2)C(=O)C(=O)N2CCCC[C@H]2C(=O)O[C@H]([C@H](N)C[C@@H]2CC[C@@H](OC(=O)NCc3cnc(N4CCN(C(=O)CCOCCN5CCN(c6ncc(C(=O)N7CCc8cc(Cn9nc(-c%10cnc%11[nH]ccc%11c%10)c%10c(N)ncnc%109)ccc8C7)cn6)CC5)CC4)nc3)[C@H](OC)C2)CC(=O)[C@H](C)/C=C(\C)[C@@H](O)[C@@H](O)C(=O)[C@H](C)C[C@H](C)/C=C/C=CC=C1C. The van der Waals surface area contributed by atoms with Gasteiger partial charge in [-0.2, -0.15) is 5.10 Å². The predicted octanol–water partition coefficient (Wildman–Crippen LogP) is 7.12. The number of alkyl carbamates (subject to hydrolysis) is 1. The molecule has 9 N–H and O–H groups in total. The maximum Gasteiger partial charge on any atom is 0.407 e. The number of Topliss-reactive ketones (excluding diaryl/α,β-unsaturated/α-hetero) is 3. The number of rotatable bonds is 20. The Labute approximate surface area is 762 Å². The molecule has 702 valence electrons. The molecule has 14 rings (SSSR count). The summed E-state index contributed by atoms with van der Waals surface area (Å²) in [5.74, 6) is -8.09. The summed E-state index contributed by atoms with van der Waals surface area (Å²) in [5.41, 5.74) is 21.7. The first kappa shape index (κ1) is 95.9. The Morgan fingerprint density at radius 1 is 0.733 bits per heavy atom. The van der Waals surface area contributed by atoms with Crippen molar-refractivity contribution < 1.29 is 82.1 Å². The molecule has 0 unspecified atom stereocenters. The number of aliphatic hydroxyl groups is 3. The van der Waals surface area contributed by atoms with Crippen LogP contribution in [-0.2, 0) is 83.2 Å². The number of methoxy groups -OCH3 is 2. The Bertz CT molecular complexity index is 5320. The molecule has 4 saturated heterocycles. The second-order valence-corrected chi connectivity index (χ2v) is 36.2. The summed E-state index contributed by atoms with van der Waals surface area (Å²) < 4.78 is 38.1. The van der Waals surface area contributed by atoms with E-state index in [4.69, 9.17) is 45.0 Å². The number of pyridine rings is 1. The third-order valence-corrected chi connectivity index (χ3v) is 27.0. The number of piperidine rings is 1. The fraction of sp³-hybridized carbons (Fsp3) is 0.558. The zero-order valence-electron chi connectivity index (χ0n) is 76.1. The number of benzene rings is 1. The first-order valence-electron chi connectivity index (χ1n) is 46.0. The average molecular weight is 1810 g/mol. The van der Waals surface area contributed by atoms with Gasteiger partial charge in [0.05, 0.1) is 55.4 Å². The average Bonchev–Trinajstić information content (AvgIpc) is 1.72. The summed E-state index contributed by atoms with van der Waals surface area (Å²) in [6.07, 6.45) is 19.0. The molecule has 6 aromatic heterocycles. The smallest absolute Gasteiger partial charge is 0.407 e. The Hall–Kier alpha value is -11.2. The van der Waals surface area contributed by atoms with E-state index in [0.29, 0.717) is 182 Å². The lowest BCUT2D eigenvalue weighted by Gasteiger charge is -2.42. The van der Waals surface area contributed by atoms with E-state index in [2.05, 4.69) is 73.2 Å². The molecular formula is C95H125N19O17. The number of carbonyl (C=O) groups excluding carboxylic acids is 8. The van der Waals surface area contributed by atoms with Crippen LogP contribution in [0.15, 0.2) is 121 Å². The van der Waals surface area contributed by atoms with Crippen molar-refractivity contribution in [2.75, 3.05) is 115 Å². The Balaban J connectivity index is 0.496. The van der Waals surface area contributed by atoms with Gasteiger partial charge in [-0.05, 0) is 136 Å². The number of piperazine rings is 2. The van der Waals surface area contributed by atoms with Crippen LogP contribution < -0.4 is 26.6 Å². The molecule has 0 spiro atoms. The monoisotopic (exact) mass is 1800 g/mol. The van der Waals surface area contributed by atoms with Gasteiger partial charge in [0.15, 0.2) is 11.4 Å². The maximum atomic E-state index is 14.7. The second-order valence-electron chi connectivity index (χ2n) is 36.2. The highest BCUT2D eigenvalue weighted by Crippen LogP contribution is 2.39. The number of nitrogens with two attached hydrogens (primary N) is 2. The number of carbonyl (C=O) groups is 8. The third kappa shape index (κ3) is 23.5. The van der Waals surface area contributed by atoms with E-state index in [1.54, 1.807) is 58.9 Å². The number of esters is 1. The normalized spacial score (nSPS) is 27.4. The lowest BCUT2D eigenvalue weighted by molar-refractivity contribution is -0.265. The Kier molecular flexibility index (Phi) is 32.1. The van der Waals surface area contributed by atoms with E-state index in [0.717, 1.165) is 51.3 Å². The molecule has 131 heavy (non-hydrogen) atoms. The number of hydrogen-bond acceptors (Lipinski definition) is 30. The number of aromatic amines is 1. The van der Waals surface area contributed by atoms with Gasteiger partial charge in [0.25, 0.3) is 17.6 Å². The number of nitrogen functional groups attached to an aromatic ring is 1. The molecule has 1 saturated carbocycles. The van der Waals surface area contributed by atoms with Gasteiger partial charge in [-0.25, -0.2) is 49.2 Å². The molecular weight excluding hydrogens is 1680 g/mol. The minimum absolute atomic E-state index is 0.00702. The number of H-pyrrole nitrogens is 1. The number of amides is 4. The predicted molar refractivity (Wildman–Crippen MR) is 486 cm³/mol. The van der Waals surface area contributed by atoms with Gasteiger partial charge >= 0.3 is 12.1 Å². The van der Waals surface area contributed by atoms with Crippen molar-refractivity contribution in [3.8, 4) is 11.3 Å². The number of ketones is 3. The molecule has 2 bridgehead atoms. The minimum atomic E-state index is -2.52. The van der Waals surface area contributed by atoms with E-state index in [1.165, 1.54) is 32.0 Å². The number of anilines is 3. The standard InChI is InChI=1S/C95H125N19O17/c1-57-14-10-9-11-15-58(2)76(126-7)46-71-21-17-62(6)95(125,131-71)85(120)90(122)113-27-13-12-16-73(113)91(123)129-77(47-74(115)59(3)41-61(5)83(118)84(119)82(117)60(4)40-57)72(96)43-63-19-22-75(78(44-63)127-8)130-94(124)104-50-65-48-100-92(101-49-65)111-35-33-109(34-36-111)79(116)25-38-128-39-37-108-29-31-110(32-30-108)93-102-52-70(53-103-93)89(121)112-28-24-66-42-64(18-20-68(66)55-112)54-114-88-80(86(97)105-56-106-88)81(107-114)69-45-67-23-26-98-87(67)99-51-69/h9-11,14-15,18,20,23,26,41-42,45,48-49,51-53,56-57,59-60,62-63,71-73,75-78,83-84,118-119,125H,12-13,16-17,19,21-22,24-25,27-40,43-44,46-47,50,54-55,96H2,1-8H3,(H,98,99)(H,104,124)(H2,97,105,106)/b11-9?,14-10+,58-15?,61-41+/t57-,59-,60-,62-,63+,71+,72-,73+,75-,76+,77+,78-,83-,84+,95-/m1/s1. The number of fused-ring (bicyclic) bond motifs is 6. The second kappa shape index (κ2) is 43.9. The molecule has 5 fully saturated rings. The Morgan fingerprint density at radius 2 is 1.48 bits per heavy atom. The highest BCUT2D eigenvalue weighted by Gasteiger charge is 2.53. The van der Waals surface area contributed by atoms with Crippen molar-refractivity contribution in [2.24, 2.45) is 35.3 Å². The summed E-state index contributed by atoms with van der Waals surface area (Å²) in [6.45, 7) is 18.2. The number of aromatic nitrogens is 10. The number of hydrogen-bond donors (Lipinski definition) is 7. The van der Waals surface area contributed by atoms with Gasteiger partial charge < -0.3 is 90.0 Å². The van der Waals surface area contributed by atoms with Crippen LogP contribution in [0.1, 0.15) is 158 Å². The number of nitrogens with zero attached hydrogens (tertiary/aromatic N) is 15. The van der Waals surface area contributed by atoms with Crippen molar-refractivity contribution in [1.29, 1.82) is 0 Å². The topological polar surface area (TPSA) is 460 Å². The summed E-state index contributed by atoms with van der Waals surface area (Å²) in [5, 5.41) is 44.1. The van der Waals surface area contributed by atoms with E-state index in [9.17, 15) is 53.7 Å². The highest BCUT2D eigenvalue weighted by atomic mass is 16.6. The van der Waals surface area contributed by atoms with Gasteiger partial charge in [0, 0.05) is 190 Å². The number of aliphatic hydroxyl groups excluding tert-OH is 2. The number of cyclic esters (lactones) is 1. The van der Waals surface area contributed by atoms with Crippen molar-refractivity contribution in [3.63, 3.8) is 0 Å². The van der Waals surface area contributed by atoms with Crippen LogP contribution in [0.25, 0.3) is 33.3 Å². The third-order valence-electron chi connectivity index (χ3n) is 27.0. The van der Waals surface area contributed by atoms with E-state index in [-0.39, 0.29) is 68.0 Å². The summed E-state index contributed by atoms with van der Waals surface area (Å²) in [4.78, 5) is 159.